The lowest BCUT2D eigenvalue weighted by atomic mass is 10.0. The van der Waals surface area contributed by atoms with Gasteiger partial charge in [-0.2, -0.15) is 5.10 Å². The fourth-order valence-electron chi connectivity index (χ4n) is 4.28. The number of amides is 1. The Kier molecular flexibility index (Phi) is 7.56. The number of piperidine rings is 1. The average molecular weight is 433 g/mol. The molecule has 2 heterocycles. The van der Waals surface area contributed by atoms with Gasteiger partial charge in [-0.05, 0) is 67.7 Å². The lowest BCUT2D eigenvalue weighted by Crippen LogP contribution is -2.40. The molecule has 0 radical (unpaired) electrons. The van der Waals surface area contributed by atoms with Gasteiger partial charge in [0.05, 0.1) is 25.0 Å². The van der Waals surface area contributed by atoms with Crippen molar-refractivity contribution in [2.45, 2.75) is 38.1 Å². The van der Waals surface area contributed by atoms with Crippen LogP contribution >= 0.6 is 0 Å². The van der Waals surface area contributed by atoms with Crippen LogP contribution < -0.4 is 10.1 Å². The van der Waals surface area contributed by atoms with Crippen molar-refractivity contribution in [2.24, 2.45) is 0 Å². The summed E-state index contributed by atoms with van der Waals surface area (Å²) in [7, 11) is 1.68. The summed E-state index contributed by atoms with van der Waals surface area (Å²) in [6.07, 6.45) is 8.68. The van der Waals surface area contributed by atoms with Gasteiger partial charge in [-0.25, -0.2) is 4.68 Å². The minimum atomic E-state index is 0.0768. The van der Waals surface area contributed by atoms with Crippen LogP contribution in [0.4, 0.5) is 0 Å². The Morgan fingerprint density at radius 1 is 1.06 bits per heavy atom. The standard InChI is InChI=1S/C26H32N4O2/c1-32-24-13-11-22(12-14-24)25(29-16-6-3-7-17-29)19-27-26(31)15-10-21-18-28-30(20-21)23-8-4-2-5-9-23/h2,4-5,8-9,11-14,18,20,25H,3,6-7,10,15-17,19H2,1H3,(H,27,31). The van der Waals surface area contributed by atoms with Gasteiger partial charge in [0.15, 0.2) is 0 Å². The van der Waals surface area contributed by atoms with E-state index in [-0.39, 0.29) is 11.9 Å². The lowest BCUT2D eigenvalue weighted by molar-refractivity contribution is -0.121. The predicted octanol–water partition coefficient (Wildman–Crippen LogP) is 4.16. The number of hydrogen-bond donors (Lipinski definition) is 1. The minimum absolute atomic E-state index is 0.0768. The summed E-state index contributed by atoms with van der Waals surface area (Å²) in [6.45, 7) is 2.77. The predicted molar refractivity (Wildman–Crippen MR) is 126 cm³/mol. The Labute approximate surface area is 190 Å². The Bertz CT molecular complexity index is 979. The first-order valence-electron chi connectivity index (χ1n) is 11.5. The zero-order valence-corrected chi connectivity index (χ0v) is 18.7. The van der Waals surface area contributed by atoms with Gasteiger partial charge in [0.2, 0.25) is 5.91 Å². The fraction of sp³-hybridized carbons (Fsp3) is 0.385. The van der Waals surface area contributed by atoms with E-state index in [0.29, 0.717) is 19.4 Å². The second-order valence-corrected chi connectivity index (χ2v) is 8.32. The minimum Gasteiger partial charge on any atom is -0.497 e. The third-order valence-electron chi connectivity index (χ3n) is 6.12. The second kappa shape index (κ2) is 11.0. The molecule has 6 heteroatoms. The zero-order chi connectivity index (χ0) is 22.2. The summed E-state index contributed by atoms with van der Waals surface area (Å²) >= 11 is 0. The van der Waals surface area contributed by atoms with E-state index >= 15 is 0 Å². The maximum Gasteiger partial charge on any atom is 0.220 e. The van der Waals surface area contributed by atoms with Crippen molar-refractivity contribution in [1.82, 2.24) is 20.0 Å². The number of carbonyl (C=O) groups is 1. The van der Waals surface area contributed by atoms with Crippen LogP contribution in [0, 0.1) is 0 Å². The molecule has 32 heavy (non-hydrogen) atoms. The Morgan fingerprint density at radius 3 is 2.53 bits per heavy atom. The summed E-state index contributed by atoms with van der Waals surface area (Å²) in [5.41, 5.74) is 3.30. The van der Waals surface area contributed by atoms with Crippen LogP contribution in [-0.2, 0) is 11.2 Å². The number of nitrogens with one attached hydrogen (secondary N) is 1. The molecule has 1 amide bonds. The van der Waals surface area contributed by atoms with Gasteiger partial charge in [0.25, 0.3) is 0 Å². The van der Waals surface area contributed by atoms with Crippen molar-refractivity contribution in [2.75, 3.05) is 26.7 Å². The molecule has 1 aliphatic rings. The van der Waals surface area contributed by atoms with Crippen LogP contribution in [0.15, 0.2) is 67.0 Å². The van der Waals surface area contributed by atoms with Crippen LogP contribution in [0.2, 0.25) is 0 Å². The normalized spacial score (nSPS) is 15.3. The van der Waals surface area contributed by atoms with Gasteiger partial charge in [0, 0.05) is 19.2 Å². The molecular weight excluding hydrogens is 400 g/mol. The number of carbonyl (C=O) groups excluding carboxylic acids is 1. The Morgan fingerprint density at radius 2 is 1.81 bits per heavy atom. The second-order valence-electron chi connectivity index (χ2n) is 8.32. The molecule has 168 valence electrons. The fourth-order valence-corrected chi connectivity index (χ4v) is 4.28. The highest BCUT2D eigenvalue weighted by molar-refractivity contribution is 5.76. The third-order valence-corrected chi connectivity index (χ3v) is 6.12. The summed E-state index contributed by atoms with van der Waals surface area (Å²) in [4.78, 5) is 15.1. The average Bonchev–Trinajstić information content (AvgIpc) is 3.34. The number of aryl methyl sites for hydroxylation is 1. The maximum atomic E-state index is 12.6. The molecule has 4 rings (SSSR count). The van der Waals surface area contributed by atoms with Crippen molar-refractivity contribution < 1.29 is 9.53 Å². The summed E-state index contributed by atoms with van der Waals surface area (Å²) in [5, 5.41) is 7.60. The Hall–Kier alpha value is -3.12. The van der Waals surface area contributed by atoms with E-state index in [9.17, 15) is 4.79 Å². The van der Waals surface area contributed by atoms with E-state index in [2.05, 4.69) is 27.4 Å². The van der Waals surface area contributed by atoms with Crippen molar-refractivity contribution in [3.05, 3.63) is 78.1 Å². The quantitative estimate of drug-likeness (QED) is 0.552. The van der Waals surface area contributed by atoms with Crippen molar-refractivity contribution in [3.8, 4) is 11.4 Å². The van der Waals surface area contributed by atoms with Crippen molar-refractivity contribution >= 4 is 5.91 Å². The molecule has 1 aromatic heterocycles. The number of nitrogens with zero attached hydrogens (tertiary/aromatic N) is 3. The van der Waals surface area contributed by atoms with Gasteiger partial charge >= 0.3 is 0 Å². The zero-order valence-electron chi connectivity index (χ0n) is 18.7. The first kappa shape index (κ1) is 22.1. The first-order valence-corrected chi connectivity index (χ1v) is 11.5. The van der Waals surface area contributed by atoms with Crippen molar-refractivity contribution in [3.63, 3.8) is 0 Å². The van der Waals surface area contributed by atoms with E-state index < -0.39 is 0 Å². The summed E-state index contributed by atoms with van der Waals surface area (Å²) in [5.74, 6) is 0.930. The number of benzene rings is 2. The van der Waals surface area contributed by atoms with E-state index in [1.165, 1.54) is 24.8 Å². The highest BCUT2D eigenvalue weighted by Gasteiger charge is 2.23. The molecule has 1 fully saturated rings. The molecule has 3 aromatic rings. The van der Waals surface area contributed by atoms with E-state index in [0.717, 1.165) is 30.1 Å². The number of hydrogen-bond acceptors (Lipinski definition) is 4. The Balaban J connectivity index is 1.33. The molecule has 6 nitrogen and oxygen atoms in total. The largest absolute Gasteiger partial charge is 0.497 e. The van der Waals surface area contributed by atoms with Crippen LogP contribution in [0.3, 0.4) is 0 Å². The van der Waals surface area contributed by atoms with Gasteiger partial charge in [-0.3, -0.25) is 9.69 Å². The summed E-state index contributed by atoms with van der Waals surface area (Å²) in [6, 6.07) is 18.4. The molecule has 1 N–H and O–H groups in total. The van der Waals surface area contributed by atoms with E-state index in [4.69, 9.17) is 4.74 Å². The topological polar surface area (TPSA) is 59.4 Å². The van der Waals surface area contributed by atoms with Gasteiger partial charge in [-0.15, -0.1) is 0 Å². The molecule has 0 spiro atoms. The lowest BCUT2D eigenvalue weighted by Gasteiger charge is -2.35. The third kappa shape index (κ3) is 5.77. The van der Waals surface area contributed by atoms with E-state index in [1.54, 1.807) is 7.11 Å². The smallest absolute Gasteiger partial charge is 0.220 e. The maximum absolute atomic E-state index is 12.6. The number of methoxy groups -OCH3 is 1. The van der Waals surface area contributed by atoms with Crippen LogP contribution in [0.5, 0.6) is 5.75 Å². The van der Waals surface area contributed by atoms with Crippen LogP contribution in [0.1, 0.15) is 42.9 Å². The SMILES string of the molecule is COc1ccc(C(CNC(=O)CCc2cnn(-c3ccccc3)c2)N2CCCCC2)cc1. The van der Waals surface area contributed by atoms with Gasteiger partial charge < -0.3 is 10.1 Å². The number of aromatic nitrogens is 2. The molecule has 0 saturated carbocycles. The molecule has 1 atom stereocenters. The molecule has 1 aliphatic heterocycles. The van der Waals surface area contributed by atoms with Crippen molar-refractivity contribution in [1.29, 1.82) is 0 Å². The number of likely N-dealkylation sites (tertiary alicyclic amines) is 1. The summed E-state index contributed by atoms with van der Waals surface area (Å²) < 4.78 is 7.16. The molecule has 2 aromatic carbocycles. The number of ether oxygens (including phenoxy) is 1. The molecule has 0 bridgehead atoms. The first-order chi connectivity index (χ1) is 15.7. The van der Waals surface area contributed by atoms with Crippen LogP contribution in [-0.4, -0.2) is 47.3 Å². The highest BCUT2D eigenvalue weighted by Crippen LogP contribution is 2.26. The van der Waals surface area contributed by atoms with E-state index in [1.807, 2.05) is 59.5 Å². The van der Waals surface area contributed by atoms with Gasteiger partial charge in [-0.1, -0.05) is 36.8 Å². The molecule has 1 unspecified atom stereocenters. The highest BCUT2D eigenvalue weighted by atomic mass is 16.5. The number of para-hydroxylation sites is 1. The number of rotatable bonds is 9. The van der Waals surface area contributed by atoms with Gasteiger partial charge in [0.1, 0.15) is 5.75 Å². The molecular formula is C26H32N4O2. The molecule has 1 saturated heterocycles. The molecule has 0 aliphatic carbocycles. The monoisotopic (exact) mass is 432 g/mol. The van der Waals surface area contributed by atoms with Crippen LogP contribution in [0.25, 0.3) is 5.69 Å².